The second-order valence-corrected chi connectivity index (χ2v) is 7.70. The molecule has 3 N–H and O–H groups in total. The van der Waals surface area contributed by atoms with Crippen molar-refractivity contribution in [3.63, 3.8) is 0 Å². The molecule has 0 fully saturated rings. The predicted octanol–water partition coefficient (Wildman–Crippen LogP) is 2.67. The van der Waals surface area contributed by atoms with Crippen LogP contribution >= 0.6 is 23.4 Å². The van der Waals surface area contributed by atoms with Crippen molar-refractivity contribution in [1.29, 1.82) is 0 Å². The van der Waals surface area contributed by atoms with Crippen molar-refractivity contribution in [1.82, 2.24) is 5.32 Å². The Bertz CT molecular complexity index is 595. The van der Waals surface area contributed by atoms with Gasteiger partial charge >= 0.3 is 0 Å². The summed E-state index contributed by atoms with van der Waals surface area (Å²) in [5.74, 6) is -0.0597. The summed E-state index contributed by atoms with van der Waals surface area (Å²) in [5.41, 5.74) is 0.678. The minimum atomic E-state index is -0.484. The highest BCUT2D eigenvalue weighted by atomic mass is 35.5. The summed E-state index contributed by atoms with van der Waals surface area (Å²) >= 11 is 7.27. The molecule has 0 aromatic heterocycles. The Kier molecular flexibility index (Phi) is 6.33. The van der Waals surface area contributed by atoms with Gasteiger partial charge in [-0.15, -0.1) is 11.8 Å². The van der Waals surface area contributed by atoms with E-state index in [2.05, 4.69) is 10.6 Å². The van der Waals surface area contributed by atoms with Crippen LogP contribution in [0.25, 0.3) is 0 Å². The standard InChI is InChI=1S/C16H21ClN2O3S/c1-9(2)5-11(8-20)18-15(21)7-14-16(22)19-12-6-10(17)3-4-13(12)23-14/h3-4,6,9,11,14,20H,5,7-8H2,1-2H3,(H,18,21)(H,19,22). The number of anilines is 1. The number of thioether (sulfide) groups is 1. The van der Waals surface area contributed by atoms with Crippen LogP contribution in [0.4, 0.5) is 5.69 Å². The van der Waals surface area contributed by atoms with Crippen molar-refractivity contribution in [3.8, 4) is 0 Å². The van der Waals surface area contributed by atoms with Gasteiger partial charge in [-0.2, -0.15) is 0 Å². The highest BCUT2D eigenvalue weighted by molar-refractivity contribution is 8.01. The summed E-state index contributed by atoms with van der Waals surface area (Å²) in [7, 11) is 0. The second-order valence-electron chi connectivity index (χ2n) is 6.02. The molecule has 1 heterocycles. The van der Waals surface area contributed by atoms with E-state index in [-0.39, 0.29) is 30.9 Å². The number of nitrogens with one attached hydrogen (secondary N) is 2. The summed E-state index contributed by atoms with van der Waals surface area (Å²) in [4.78, 5) is 25.2. The van der Waals surface area contributed by atoms with E-state index in [4.69, 9.17) is 11.6 Å². The van der Waals surface area contributed by atoms with Crippen LogP contribution in [0.3, 0.4) is 0 Å². The zero-order valence-corrected chi connectivity index (χ0v) is 14.7. The number of hydrogen-bond donors (Lipinski definition) is 3. The van der Waals surface area contributed by atoms with Gasteiger partial charge in [0.15, 0.2) is 0 Å². The van der Waals surface area contributed by atoms with E-state index in [1.54, 1.807) is 12.1 Å². The van der Waals surface area contributed by atoms with E-state index in [0.717, 1.165) is 4.90 Å². The monoisotopic (exact) mass is 356 g/mol. The Balaban J connectivity index is 1.96. The number of carbonyl (C=O) groups excluding carboxylic acids is 2. The molecule has 2 atom stereocenters. The van der Waals surface area contributed by atoms with Gasteiger partial charge in [0.2, 0.25) is 11.8 Å². The number of fused-ring (bicyclic) bond motifs is 1. The highest BCUT2D eigenvalue weighted by Gasteiger charge is 2.29. The van der Waals surface area contributed by atoms with Crippen molar-refractivity contribution >= 4 is 40.9 Å². The molecule has 126 valence electrons. The molecule has 0 saturated heterocycles. The van der Waals surface area contributed by atoms with Gasteiger partial charge in [0.05, 0.1) is 23.6 Å². The Morgan fingerprint density at radius 3 is 2.87 bits per heavy atom. The van der Waals surface area contributed by atoms with E-state index in [1.807, 2.05) is 19.9 Å². The van der Waals surface area contributed by atoms with Gasteiger partial charge in [-0.05, 0) is 30.5 Å². The number of benzene rings is 1. The zero-order chi connectivity index (χ0) is 17.0. The van der Waals surface area contributed by atoms with Crippen LogP contribution < -0.4 is 10.6 Å². The van der Waals surface area contributed by atoms with Crippen molar-refractivity contribution in [3.05, 3.63) is 23.2 Å². The average Bonchev–Trinajstić information content (AvgIpc) is 2.47. The van der Waals surface area contributed by atoms with Crippen molar-refractivity contribution in [2.24, 2.45) is 5.92 Å². The van der Waals surface area contributed by atoms with Crippen molar-refractivity contribution < 1.29 is 14.7 Å². The summed E-state index contributed by atoms with van der Waals surface area (Å²) in [6.07, 6.45) is 0.779. The Morgan fingerprint density at radius 1 is 1.48 bits per heavy atom. The van der Waals surface area contributed by atoms with Gasteiger partial charge < -0.3 is 15.7 Å². The van der Waals surface area contributed by atoms with Gasteiger partial charge in [0, 0.05) is 16.3 Å². The summed E-state index contributed by atoms with van der Waals surface area (Å²) in [5, 5.41) is 15.0. The molecule has 0 saturated carbocycles. The number of hydrogen-bond acceptors (Lipinski definition) is 4. The Hall–Kier alpha value is -1.24. The molecular formula is C16H21ClN2O3S. The van der Waals surface area contributed by atoms with Gasteiger partial charge in [-0.25, -0.2) is 0 Å². The molecule has 1 aliphatic rings. The van der Waals surface area contributed by atoms with E-state index >= 15 is 0 Å². The number of aliphatic hydroxyl groups excluding tert-OH is 1. The topological polar surface area (TPSA) is 78.4 Å². The number of aliphatic hydroxyl groups is 1. The van der Waals surface area contributed by atoms with E-state index in [1.165, 1.54) is 11.8 Å². The lowest BCUT2D eigenvalue weighted by atomic mass is 10.0. The number of carbonyl (C=O) groups is 2. The third-order valence-corrected chi connectivity index (χ3v) is 4.98. The maximum absolute atomic E-state index is 12.1. The van der Waals surface area contributed by atoms with Crippen LogP contribution in [0.5, 0.6) is 0 Å². The van der Waals surface area contributed by atoms with Crippen LogP contribution in [0, 0.1) is 5.92 Å². The first-order valence-electron chi connectivity index (χ1n) is 7.56. The number of amides is 2. The van der Waals surface area contributed by atoms with Crippen LogP contribution in [0.2, 0.25) is 5.02 Å². The van der Waals surface area contributed by atoms with Crippen molar-refractivity contribution in [2.75, 3.05) is 11.9 Å². The summed E-state index contributed by atoms with van der Waals surface area (Å²) < 4.78 is 0. The number of halogens is 1. The molecule has 1 aromatic rings. The van der Waals surface area contributed by atoms with Gasteiger partial charge in [0.25, 0.3) is 0 Å². The van der Waals surface area contributed by atoms with Gasteiger partial charge in [-0.3, -0.25) is 9.59 Å². The van der Waals surface area contributed by atoms with Gasteiger partial charge in [-0.1, -0.05) is 25.4 Å². The van der Waals surface area contributed by atoms with Crippen LogP contribution in [-0.4, -0.2) is 34.8 Å². The quantitative estimate of drug-likeness (QED) is 0.732. The maximum atomic E-state index is 12.1. The highest BCUT2D eigenvalue weighted by Crippen LogP contribution is 2.38. The first-order chi connectivity index (χ1) is 10.9. The summed E-state index contributed by atoms with van der Waals surface area (Å²) in [6, 6.07) is 5.02. The molecular weight excluding hydrogens is 336 g/mol. The van der Waals surface area contributed by atoms with Crippen LogP contribution in [0.15, 0.2) is 23.1 Å². The van der Waals surface area contributed by atoms with E-state index in [9.17, 15) is 14.7 Å². The van der Waals surface area contributed by atoms with Gasteiger partial charge in [0.1, 0.15) is 0 Å². The minimum Gasteiger partial charge on any atom is -0.394 e. The molecule has 0 aliphatic carbocycles. The Morgan fingerprint density at radius 2 is 2.22 bits per heavy atom. The minimum absolute atomic E-state index is 0.0765. The fraction of sp³-hybridized carbons (Fsp3) is 0.500. The molecule has 0 radical (unpaired) electrons. The smallest absolute Gasteiger partial charge is 0.238 e. The average molecular weight is 357 g/mol. The number of rotatable bonds is 6. The SMILES string of the molecule is CC(C)CC(CO)NC(=O)CC1Sc2ccc(Cl)cc2NC1=O. The molecule has 0 bridgehead atoms. The van der Waals surface area contributed by atoms with Crippen LogP contribution in [-0.2, 0) is 9.59 Å². The molecule has 1 aliphatic heterocycles. The maximum Gasteiger partial charge on any atom is 0.238 e. The van der Waals surface area contributed by atoms with Crippen LogP contribution in [0.1, 0.15) is 26.7 Å². The molecule has 1 aromatic carbocycles. The summed E-state index contributed by atoms with van der Waals surface area (Å²) in [6.45, 7) is 3.96. The lowest BCUT2D eigenvalue weighted by Crippen LogP contribution is -2.41. The second kappa shape index (κ2) is 8.04. The predicted molar refractivity (Wildman–Crippen MR) is 92.8 cm³/mol. The molecule has 5 nitrogen and oxygen atoms in total. The molecule has 0 spiro atoms. The molecule has 23 heavy (non-hydrogen) atoms. The zero-order valence-electron chi connectivity index (χ0n) is 13.1. The fourth-order valence-corrected chi connectivity index (χ4v) is 3.72. The molecule has 2 amide bonds. The molecule has 2 rings (SSSR count). The Labute approximate surface area is 145 Å². The first-order valence-corrected chi connectivity index (χ1v) is 8.82. The lowest BCUT2D eigenvalue weighted by Gasteiger charge is -2.25. The fourth-order valence-electron chi connectivity index (χ4n) is 2.46. The normalized spacial score (nSPS) is 18.3. The molecule has 2 unspecified atom stereocenters. The largest absolute Gasteiger partial charge is 0.394 e. The third kappa shape index (κ3) is 5.12. The van der Waals surface area contributed by atoms with E-state index in [0.29, 0.717) is 23.0 Å². The lowest BCUT2D eigenvalue weighted by molar-refractivity contribution is -0.124. The van der Waals surface area contributed by atoms with E-state index < -0.39 is 5.25 Å². The third-order valence-electron chi connectivity index (χ3n) is 3.47. The molecule has 7 heteroatoms. The first kappa shape index (κ1) is 18.1. The van der Waals surface area contributed by atoms with Crippen molar-refractivity contribution in [2.45, 2.75) is 42.9 Å².